The molecule has 0 aliphatic rings. The van der Waals surface area contributed by atoms with Crippen molar-refractivity contribution in [3.8, 4) is 0 Å². The molecule has 0 aromatic carbocycles. The minimum Gasteiger partial charge on any atom is -0.272 e. The van der Waals surface area contributed by atoms with Crippen LogP contribution in [0, 0.1) is 13.8 Å². The number of rotatable bonds is 6. The summed E-state index contributed by atoms with van der Waals surface area (Å²) in [6.07, 6.45) is 4.61. The molecule has 0 amide bonds. The van der Waals surface area contributed by atoms with Crippen LogP contribution < -0.4 is 11.3 Å². The molecule has 0 fully saturated rings. The molecule has 2 heterocycles. The zero-order valence-corrected chi connectivity index (χ0v) is 12.6. The second kappa shape index (κ2) is 6.15. The number of aromatic nitrogens is 5. The maximum Gasteiger partial charge on any atom is 0.0843 e. The predicted molar refractivity (Wildman–Crippen MR) is 76.8 cm³/mol. The van der Waals surface area contributed by atoms with Gasteiger partial charge in [0, 0.05) is 38.4 Å². The molecule has 0 spiro atoms. The number of hydrogen-bond acceptors (Lipinski definition) is 5. The van der Waals surface area contributed by atoms with E-state index in [-0.39, 0.29) is 6.04 Å². The van der Waals surface area contributed by atoms with E-state index in [1.54, 1.807) is 4.68 Å². The number of hydrogen-bond donors (Lipinski definition) is 2. The van der Waals surface area contributed by atoms with Gasteiger partial charge in [-0.3, -0.25) is 20.6 Å². The van der Waals surface area contributed by atoms with Crippen LogP contribution in [0.3, 0.4) is 0 Å². The molecule has 0 saturated carbocycles. The van der Waals surface area contributed by atoms with Crippen molar-refractivity contribution in [1.82, 2.24) is 30.2 Å². The van der Waals surface area contributed by atoms with Crippen LogP contribution in [0.5, 0.6) is 0 Å². The Morgan fingerprint density at radius 2 is 2.10 bits per heavy atom. The van der Waals surface area contributed by atoms with Crippen molar-refractivity contribution in [3.63, 3.8) is 0 Å². The Morgan fingerprint density at radius 3 is 2.60 bits per heavy atom. The maximum atomic E-state index is 5.65. The van der Waals surface area contributed by atoms with Gasteiger partial charge in [0.2, 0.25) is 0 Å². The number of hydrazine groups is 1. The van der Waals surface area contributed by atoms with Gasteiger partial charge in [0.25, 0.3) is 0 Å². The Labute approximate surface area is 119 Å². The molecule has 0 aliphatic carbocycles. The number of nitrogens with one attached hydrogen (secondary N) is 1. The summed E-state index contributed by atoms with van der Waals surface area (Å²) in [5, 5.41) is 12.5. The summed E-state index contributed by atoms with van der Waals surface area (Å²) >= 11 is 0. The Hall–Kier alpha value is -1.73. The van der Waals surface area contributed by atoms with Gasteiger partial charge in [0.15, 0.2) is 0 Å². The Morgan fingerprint density at radius 1 is 1.35 bits per heavy atom. The number of nitrogens with zero attached hydrogens (tertiary/aromatic N) is 5. The lowest BCUT2D eigenvalue weighted by Crippen LogP contribution is -2.37. The molecule has 110 valence electrons. The maximum absolute atomic E-state index is 5.65. The largest absolute Gasteiger partial charge is 0.272 e. The molecule has 0 saturated heterocycles. The minimum atomic E-state index is 0.186. The molecule has 0 radical (unpaired) electrons. The van der Waals surface area contributed by atoms with Crippen LogP contribution in [0.2, 0.25) is 0 Å². The first-order valence-electron chi connectivity index (χ1n) is 6.81. The Balaban J connectivity index is 1.97. The minimum absolute atomic E-state index is 0.186. The van der Waals surface area contributed by atoms with E-state index in [0.29, 0.717) is 0 Å². The van der Waals surface area contributed by atoms with E-state index < -0.39 is 0 Å². The first kappa shape index (κ1) is 14.7. The standard InChI is InChI=1S/C13H23N7/c1-9-13(10(2)20(4)17-9)6-5-11(15-14)7-12-8-19(3)18-16-12/h8,11,15H,5-7,14H2,1-4H3. The highest BCUT2D eigenvalue weighted by Gasteiger charge is 2.14. The second-order valence-corrected chi connectivity index (χ2v) is 5.26. The Kier molecular flexibility index (Phi) is 4.51. The molecular formula is C13H23N7. The van der Waals surface area contributed by atoms with Crippen LogP contribution in [-0.2, 0) is 26.9 Å². The summed E-state index contributed by atoms with van der Waals surface area (Å²) < 4.78 is 3.64. The summed E-state index contributed by atoms with van der Waals surface area (Å²) in [6, 6.07) is 0.186. The van der Waals surface area contributed by atoms with Crippen molar-refractivity contribution in [2.24, 2.45) is 19.9 Å². The van der Waals surface area contributed by atoms with Crippen molar-refractivity contribution >= 4 is 0 Å². The quantitative estimate of drug-likeness (QED) is 0.581. The van der Waals surface area contributed by atoms with Gasteiger partial charge >= 0.3 is 0 Å². The van der Waals surface area contributed by atoms with Gasteiger partial charge in [-0.15, -0.1) is 5.10 Å². The third-order valence-corrected chi connectivity index (χ3v) is 3.74. The third-order valence-electron chi connectivity index (χ3n) is 3.74. The molecule has 0 aliphatic heterocycles. The van der Waals surface area contributed by atoms with Crippen molar-refractivity contribution in [3.05, 3.63) is 28.8 Å². The monoisotopic (exact) mass is 277 g/mol. The van der Waals surface area contributed by atoms with E-state index in [4.69, 9.17) is 5.84 Å². The van der Waals surface area contributed by atoms with Gasteiger partial charge in [-0.1, -0.05) is 5.21 Å². The van der Waals surface area contributed by atoms with Gasteiger partial charge in [0.05, 0.1) is 11.4 Å². The van der Waals surface area contributed by atoms with Crippen LogP contribution in [0.15, 0.2) is 6.20 Å². The van der Waals surface area contributed by atoms with E-state index >= 15 is 0 Å². The van der Waals surface area contributed by atoms with Gasteiger partial charge in [0.1, 0.15) is 0 Å². The summed E-state index contributed by atoms with van der Waals surface area (Å²) in [6.45, 7) is 4.15. The van der Waals surface area contributed by atoms with Gasteiger partial charge in [-0.05, 0) is 32.3 Å². The number of nitrogens with two attached hydrogens (primary N) is 1. The van der Waals surface area contributed by atoms with E-state index in [9.17, 15) is 0 Å². The fourth-order valence-electron chi connectivity index (χ4n) is 2.48. The third kappa shape index (κ3) is 3.23. The van der Waals surface area contributed by atoms with Crippen molar-refractivity contribution in [2.75, 3.05) is 0 Å². The van der Waals surface area contributed by atoms with Gasteiger partial charge < -0.3 is 0 Å². The predicted octanol–water partition coefficient (Wildman–Crippen LogP) is 0.173. The summed E-state index contributed by atoms with van der Waals surface area (Å²) in [5.74, 6) is 5.65. The fraction of sp³-hybridized carbons (Fsp3) is 0.615. The zero-order chi connectivity index (χ0) is 14.7. The summed E-state index contributed by atoms with van der Waals surface area (Å²) in [7, 11) is 3.84. The molecule has 0 bridgehead atoms. The zero-order valence-electron chi connectivity index (χ0n) is 12.6. The second-order valence-electron chi connectivity index (χ2n) is 5.26. The topological polar surface area (TPSA) is 86.6 Å². The van der Waals surface area contributed by atoms with Crippen molar-refractivity contribution < 1.29 is 0 Å². The molecule has 3 N–H and O–H groups in total. The highest BCUT2D eigenvalue weighted by Crippen LogP contribution is 2.15. The fourth-order valence-corrected chi connectivity index (χ4v) is 2.48. The van der Waals surface area contributed by atoms with E-state index in [2.05, 4.69) is 34.7 Å². The SMILES string of the molecule is Cc1nn(C)c(C)c1CCC(Cc1cn(C)nn1)NN. The first-order chi connectivity index (χ1) is 9.51. The Bertz CT molecular complexity index is 569. The summed E-state index contributed by atoms with van der Waals surface area (Å²) in [5.41, 5.74) is 7.45. The van der Waals surface area contributed by atoms with Crippen LogP contribution in [0.4, 0.5) is 0 Å². The van der Waals surface area contributed by atoms with E-state index in [1.807, 2.05) is 25.0 Å². The van der Waals surface area contributed by atoms with Crippen LogP contribution in [0.1, 0.15) is 29.1 Å². The lowest BCUT2D eigenvalue weighted by Gasteiger charge is -2.14. The van der Waals surface area contributed by atoms with E-state index in [1.165, 1.54) is 11.3 Å². The molecule has 1 atom stereocenters. The average molecular weight is 277 g/mol. The normalized spacial score (nSPS) is 12.8. The molecule has 7 nitrogen and oxygen atoms in total. The van der Waals surface area contributed by atoms with Crippen molar-refractivity contribution in [2.45, 2.75) is 39.2 Å². The lowest BCUT2D eigenvalue weighted by molar-refractivity contribution is 0.486. The van der Waals surface area contributed by atoms with Crippen molar-refractivity contribution in [1.29, 1.82) is 0 Å². The first-order valence-corrected chi connectivity index (χ1v) is 6.81. The van der Waals surface area contributed by atoms with E-state index in [0.717, 1.165) is 30.7 Å². The molecule has 2 aromatic heterocycles. The highest BCUT2D eigenvalue weighted by atomic mass is 15.4. The van der Waals surface area contributed by atoms with Gasteiger partial charge in [-0.25, -0.2) is 0 Å². The summed E-state index contributed by atoms with van der Waals surface area (Å²) in [4.78, 5) is 0. The molecule has 7 heteroatoms. The van der Waals surface area contributed by atoms with Crippen LogP contribution in [-0.4, -0.2) is 30.8 Å². The van der Waals surface area contributed by atoms with Crippen LogP contribution >= 0.6 is 0 Å². The smallest absolute Gasteiger partial charge is 0.0843 e. The molecule has 2 aromatic rings. The highest BCUT2D eigenvalue weighted by molar-refractivity contribution is 5.24. The molecule has 20 heavy (non-hydrogen) atoms. The van der Waals surface area contributed by atoms with Crippen LogP contribution in [0.25, 0.3) is 0 Å². The molecular weight excluding hydrogens is 254 g/mol. The van der Waals surface area contributed by atoms with Gasteiger partial charge in [-0.2, -0.15) is 5.10 Å². The molecule has 1 unspecified atom stereocenters. The lowest BCUT2D eigenvalue weighted by atomic mass is 10.0. The number of aryl methyl sites for hydroxylation is 3. The molecule has 2 rings (SSSR count). The average Bonchev–Trinajstić information content (AvgIpc) is 2.91.